The molecule has 1 aromatic rings. The fourth-order valence-electron chi connectivity index (χ4n) is 0.969. The summed E-state index contributed by atoms with van der Waals surface area (Å²) in [6.07, 6.45) is -6.28. The van der Waals surface area contributed by atoms with Crippen LogP contribution in [0.15, 0.2) is 22.7 Å². The minimum atomic E-state index is -4.40. The maximum atomic E-state index is 13.0. The highest BCUT2D eigenvalue weighted by Gasteiger charge is 2.36. The van der Waals surface area contributed by atoms with E-state index in [9.17, 15) is 17.6 Å². The van der Waals surface area contributed by atoms with Crippen molar-refractivity contribution >= 4 is 15.9 Å². The van der Waals surface area contributed by atoms with Gasteiger partial charge < -0.3 is 4.74 Å². The van der Waals surface area contributed by atoms with Crippen LogP contribution in [0.5, 0.6) is 0 Å². The number of rotatable bonds is 3. The lowest BCUT2D eigenvalue weighted by atomic mass is 10.2. The highest BCUT2D eigenvalue weighted by molar-refractivity contribution is 9.10. The maximum absolute atomic E-state index is 13.0. The Balaban J connectivity index is 2.65. The van der Waals surface area contributed by atoms with Crippen LogP contribution in [0.3, 0.4) is 0 Å². The minimum absolute atomic E-state index is 0.129. The second kappa shape index (κ2) is 5.14. The van der Waals surface area contributed by atoms with Gasteiger partial charge >= 0.3 is 6.18 Å². The van der Waals surface area contributed by atoms with Crippen LogP contribution in [0.2, 0.25) is 0 Å². The summed E-state index contributed by atoms with van der Waals surface area (Å²) in [5, 5.41) is 0. The van der Waals surface area contributed by atoms with Gasteiger partial charge in [0.2, 0.25) is 0 Å². The minimum Gasteiger partial charge on any atom is -0.364 e. The number of alkyl halides is 3. The molecule has 0 aromatic heterocycles. The van der Waals surface area contributed by atoms with Crippen LogP contribution in [0.1, 0.15) is 12.5 Å². The molecule has 0 N–H and O–H groups in total. The van der Waals surface area contributed by atoms with Crippen LogP contribution in [-0.2, 0) is 11.3 Å². The van der Waals surface area contributed by atoms with Crippen molar-refractivity contribution in [2.45, 2.75) is 25.8 Å². The zero-order valence-electron chi connectivity index (χ0n) is 8.31. The van der Waals surface area contributed by atoms with Crippen LogP contribution in [0.4, 0.5) is 17.6 Å². The molecule has 0 aliphatic heterocycles. The van der Waals surface area contributed by atoms with E-state index >= 15 is 0 Å². The van der Waals surface area contributed by atoms with Gasteiger partial charge in [-0.3, -0.25) is 0 Å². The van der Waals surface area contributed by atoms with Crippen molar-refractivity contribution in [3.8, 4) is 0 Å². The predicted octanol–water partition coefficient (Wildman–Crippen LogP) is 4.06. The second-order valence-corrected chi connectivity index (χ2v) is 4.00. The fourth-order valence-corrected chi connectivity index (χ4v) is 1.35. The van der Waals surface area contributed by atoms with Crippen molar-refractivity contribution in [3.63, 3.8) is 0 Å². The first-order valence-corrected chi connectivity index (χ1v) is 5.23. The third-order valence-electron chi connectivity index (χ3n) is 1.98. The molecule has 0 aliphatic carbocycles. The molecule has 16 heavy (non-hydrogen) atoms. The average molecular weight is 301 g/mol. The van der Waals surface area contributed by atoms with Crippen molar-refractivity contribution in [2.75, 3.05) is 0 Å². The Kier molecular flexibility index (Phi) is 4.32. The predicted molar refractivity (Wildman–Crippen MR) is 54.4 cm³/mol. The molecule has 0 amide bonds. The van der Waals surface area contributed by atoms with Gasteiger partial charge in [0.15, 0.2) is 6.10 Å². The van der Waals surface area contributed by atoms with Crippen LogP contribution in [-0.4, -0.2) is 12.3 Å². The quantitative estimate of drug-likeness (QED) is 0.765. The Bertz CT molecular complexity index is 364. The van der Waals surface area contributed by atoms with Crippen LogP contribution < -0.4 is 0 Å². The molecule has 0 bridgehead atoms. The molecule has 0 fully saturated rings. The molecule has 0 saturated heterocycles. The summed E-state index contributed by atoms with van der Waals surface area (Å²) in [5.41, 5.74) is 0.344. The van der Waals surface area contributed by atoms with E-state index in [4.69, 9.17) is 0 Å². The van der Waals surface area contributed by atoms with Gasteiger partial charge in [-0.2, -0.15) is 13.2 Å². The number of benzene rings is 1. The topological polar surface area (TPSA) is 9.23 Å². The van der Waals surface area contributed by atoms with Crippen molar-refractivity contribution in [3.05, 3.63) is 34.1 Å². The Morgan fingerprint density at radius 2 is 2.00 bits per heavy atom. The molecule has 1 aromatic carbocycles. The molecule has 1 atom stereocenters. The van der Waals surface area contributed by atoms with Crippen molar-refractivity contribution < 1.29 is 22.3 Å². The van der Waals surface area contributed by atoms with Crippen molar-refractivity contribution in [1.29, 1.82) is 0 Å². The van der Waals surface area contributed by atoms with Crippen LogP contribution in [0.25, 0.3) is 0 Å². The first-order chi connectivity index (χ1) is 7.32. The second-order valence-electron chi connectivity index (χ2n) is 3.21. The SMILES string of the molecule is CC(OCc1cccc(F)c1Br)C(F)(F)F. The molecule has 0 saturated carbocycles. The Labute approximate surface area is 98.5 Å². The van der Waals surface area contributed by atoms with Crippen molar-refractivity contribution in [1.82, 2.24) is 0 Å². The highest BCUT2D eigenvalue weighted by Crippen LogP contribution is 2.25. The smallest absolute Gasteiger partial charge is 0.364 e. The lowest BCUT2D eigenvalue weighted by Crippen LogP contribution is -2.28. The van der Waals surface area contributed by atoms with Gasteiger partial charge in [-0.1, -0.05) is 12.1 Å². The third kappa shape index (κ3) is 3.45. The maximum Gasteiger partial charge on any atom is 0.414 e. The lowest BCUT2D eigenvalue weighted by molar-refractivity contribution is -0.217. The zero-order valence-corrected chi connectivity index (χ0v) is 9.90. The van der Waals surface area contributed by atoms with E-state index in [1.54, 1.807) is 0 Å². The molecular formula is C10H9BrF4O. The Hall–Kier alpha value is -0.620. The lowest BCUT2D eigenvalue weighted by Gasteiger charge is -2.16. The molecular weight excluding hydrogens is 292 g/mol. The molecule has 1 unspecified atom stereocenters. The summed E-state index contributed by atoms with van der Waals surface area (Å²) in [6, 6.07) is 4.12. The molecule has 0 radical (unpaired) electrons. The summed E-state index contributed by atoms with van der Waals surface area (Å²) in [4.78, 5) is 0. The van der Waals surface area contributed by atoms with Gasteiger partial charge in [0, 0.05) is 0 Å². The van der Waals surface area contributed by atoms with Crippen molar-refractivity contribution in [2.24, 2.45) is 0 Å². The zero-order chi connectivity index (χ0) is 12.3. The third-order valence-corrected chi connectivity index (χ3v) is 2.87. The first kappa shape index (κ1) is 13.4. The summed E-state index contributed by atoms with van der Waals surface area (Å²) >= 11 is 2.94. The van der Waals surface area contributed by atoms with Crippen LogP contribution in [0, 0.1) is 5.82 Å². The van der Waals surface area contributed by atoms with E-state index in [0.29, 0.717) is 5.56 Å². The van der Waals surface area contributed by atoms with Gasteiger partial charge in [-0.15, -0.1) is 0 Å². The number of hydrogen-bond donors (Lipinski definition) is 0. The Morgan fingerprint density at radius 1 is 1.38 bits per heavy atom. The average Bonchev–Trinajstić information content (AvgIpc) is 2.18. The normalized spacial score (nSPS) is 13.9. The van der Waals surface area contributed by atoms with E-state index in [0.717, 1.165) is 6.92 Å². The number of halogens is 5. The van der Waals surface area contributed by atoms with Crippen LogP contribution >= 0.6 is 15.9 Å². The van der Waals surface area contributed by atoms with Gasteiger partial charge in [0.25, 0.3) is 0 Å². The molecule has 0 aliphatic rings. The number of ether oxygens (including phenoxy) is 1. The molecule has 6 heteroatoms. The first-order valence-electron chi connectivity index (χ1n) is 4.43. The molecule has 90 valence electrons. The van der Waals surface area contributed by atoms with Gasteiger partial charge in [-0.25, -0.2) is 4.39 Å². The van der Waals surface area contributed by atoms with E-state index in [-0.39, 0.29) is 11.1 Å². The summed E-state index contributed by atoms with van der Waals surface area (Å²) in [5.74, 6) is -0.527. The Morgan fingerprint density at radius 3 is 2.56 bits per heavy atom. The molecule has 1 nitrogen and oxygen atoms in total. The largest absolute Gasteiger partial charge is 0.414 e. The standard InChI is InChI=1S/C10H9BrF4O/c1-6(10(13,14)15)16-5-7-3-2-4-8(12)9(7)11/h2-4,6H,5H2,1H3. The summed E-state index contributed by atoms with van der Waals surface area (Å²) in [6.45, 7) is 0.617. The van der Waals surface area contributed by atoms with E-state index < -0.39 is 18.1 Å². The van der Waals surface area contributed by atoms with Gasteiger partial charge in [-0.05, 0) is 34.5 Å². The highest BCUT2D eigenvalue weighted by atomic mass is 79.9. The number of hydrogen-bond acceptors (Lipinski definition) is 1. The van der Waals surface area contributed by atoms with E-state index in [2.05, 4.69) is 20.7 Å². The van der Waals surface area contributed by atoms with Gasteiger partial charge in [0.1, 0.15) is 5.82 Å². The fraction of sp³-hybridized carbons (Fsp3) is 0.400. The molecule has 1 rings (SSSR count). The molecule has 0 heterocycles. The van der Waals surface area contributed by atoms with Gasteiger partial charge in [0.05, 0.1) is 11.1 Å². The summed E-state index contributed by atoms with van der Waals surface area (Å²) in [7, 11) is 0. The monoisotopic (exact) mass is 300 g/mol. The van der Waals surface area contributed by atoms with E-state index in [1.165, 1.54) is 18.2 Å². The summed E-state index contributed by atoms with van der Waals surface area (Å²) < 4.78 is 54.1. The molecule has 0 spiro atoms. The van der Waals surface area contributed by atoms with E-state index in [1.807, 2.05) is 0 Å².